The van der Waals surface area contributed by atoms with Crippen LogP contribution in [0, 0.1) is 0 Å². The number of aryl methyl sites for hydroxylation is 1. The summed E-state index contributed by atoms with van der Waals surface area (Å²) >= 11 is 0. The number of aromatic nitrogens is 1. The van der Waals surface area contributed by atoms with E-state index in [1.165, 1.54) is 27.8 Å². The second kappa shape index (κ2) is 5.98. The van der Waals surface area contributed by atoms with Gasteiger partial charge in [-0.05, 0) is 48.0 Å². The van der Waals surface area contributed by atoms with Gasteiger partial charge in [-0.25, -0.2) is 0 Å². The molecule has 0 unspecified atom stereocenters. The molecule has 0 amide bonds. The maximum absolute atomic E-state index is 2.23. The van der Waals surface area contributed by atoms with Crippen LogP contribution in [0.5, 0.6) is 0 Å². The Morgan fingerprint density at radius 3 is 2.17 bits per heavy atom. The smallest absolute Gasteiger partial charge is 0.212 e. The third kappa shape index (κ3) is 3.33. The molecule has 2 heteroatoms. The molecule has 0 spiro atoms. The van der Waals surface area contributed by atoms with Crippen LogP contribution >= 0.6 is 0 Å². The lowest BCUT2D eigenvalue weighted by Gasteiger charge is -2.23. The molecule has 116 valence electrons. The van der Waals surface area contributed by atoms with Crippen molar-refractivity contribution >= 4 is 28.7 Å². The van der Waals surface area contributed by atoms with Crippen LogP contribution in [-0.4, -0.2) is 21.1 Å². The van der Waals surface area contributed by atoms with Gasteiger partial charge in [0.2, 0.25) is 11.2 Å². The highest BCUT2D eigenvalue weighted by Crippen LogP contribution is 2.18. The highest BCUT2D eigenvalue weighted by molar-refractivity contribution is 5.77. The van der Waals surface area contributed by atoms with E-state index < -0.39 is 0 Å². The topological polar surface area (TPSA) is 3.88 Å². The maximum atomic E-state index is 2.23. The fraction of sp³-hybridized carbons (Fsp3) is 0.190. The third-order valence-corrected chi connectivity index (χ3v) is 4.23. The van der Waals surface area contributed by atoms with Gasteiger partial charge in [0.05, 0.1) is 21.1 Å². The van der Waals surface area contributed by atoms with Gasteiger partial charge in [0.15, 0.2) is 0 Å². The van der Waals surface area contributed by atoms with E-state index in [9.17, 15) is 0 Å². The van der Waals surface area contributed by atoms with Crippen LogP contribution in [0.25, 0.3) is 23.1 Å². The Hall–Kier alpha value is -2.45. The molecule has 2 nitrogen and oxygen atoms in total. The van der Waals surface area contributed by atoms with Gasteiger partial charge >= 0.3 is 0 Å². The minimum atomic E-state index is 0.837. The average molecular weight is 304 g/mol. The van der Waals surface area contributed by atoms with Crippen LogP contribution in [0.2, 0.25) is 0 Å². The third-order valence-electron chi connectivity index (χ3n) is 4.23. The summed E-state index contributed by atoms with van der Waals surface area (Å²) in [5.41, 5.74) is 4.96. The number of quaternary nitrogens is 1. The molecule has 23 heavy (non-hydrogen) atoms. The summed E-state index contributed by atoms with van der Waals surface area (Å²) in [5, 5.41) is 1.26. The van der Waals surface area contributed by atoms with Crippen LogP contribution in [0.1, 0.15) is 11.3 Å². The highest BCUT2D eigenvalue weighted by atomic mass is 15.3. The molecule has 0 saturated heterocycles. The molecule has 3 aromatic rings. The number of nitrogens with zero attached hydrogens (tertiary/aromatic N) is 2. The SMILES string of the molecule is C[n+]1c(/C=C\c2ccc([N+](C)(C)C)cc2)ccc2ccccc21. The standard InChI is InChI=1S/C21H24N2/c1-22-19(14-12-18-7-5-6-8-21(18)22)13-9-17-10-15-20(16-11-17)23(2,3)4/h5-16H,1-4H3/q+2/b13-9-. The molecular formula is C21H24N2+2. The number of benzene rings is 2. The van der Waals surface area contributed by atoms with Gasteiger partial charge in [-0.1, -0.05) is 12.1 Å². The van der Waals surface area contributed by atoms with Crippen LogP contribution in [-0.2, 0) is 7.05 Å². The highest BCUT2D eigenvalue weighted by Gasteiger charge is 2.11. The fourth-order valence-corrected chi connectivity index (χ4v) is 2.74. The molecule has 0 aliphatic heterocycles. The minimum Gasteiger partial charge on any atom is -0.298 e. The predicted molar refractivity (Wildman–Crippen MR) is 100 cm³/mol. The minimum absolute atomic E-state index is 0.837. The van der Waals surface area contributed by atoms with Gasteiger partial charge in [0, 0.05) is 23.6 Å². The van der Waals surface area contributed by atoms with Crippen molar-refractivity contribution in [2.75, 3.05) is 21.1 Å². The average Bonchev–Trinajstić information content (AvgIpc) is 2.54. The van der Waals surface area contributed by atoms with E-state index in [1.54, 1.807) is 0 Å². The summed E-state index contributed by atoms with van der Waals surface area (Å²) in [6, 6.07) is 21.5. The summed E-state index contributed by atoms with van der Waals surface area (Å²) in [6.45, 7) is 0. The molecule has 2 aromatic carbocycles. The van der Waals surface area contributed by atoms with Gasteiger partial charge in [0.1, 0.15) is 12.7 Å². The number of pyridine rings is 1. The summed E-state index contributed by atoms with van der Waals surface area (Å²) < 4.78 is 3.07. The normalized spacial score (nSPS) is 12.2. The molecule has 0 atom stereocenters. The molecule has 1 aromatic heterocycles. The molecule has 0 radical (unpaired) electrons. The Labute approximate surface area is 138 Å². The zero-order valence-corrected chi connectivity index (χ0v) is 14.3. The second-order valence-electron chi connectivity index (χ2n) is 6.81. The van der Waals surface area contributed by atoms with Crippen LogP contribution < -0.4 is 9.05 Å². The Kier molecular flexibility index (Phi) is 4.01. The summed E-state index contributed by atoms with van der Waals surface area (Å²) in [5.74, 6) is 0. The van der Waals surface area contributed by atoms with Crippen molar-refractivity contribution in [1.82, 2.24) is 4.48 Å². The van der Waals surface area contributed by atoms with Gasteiger partial charge in [-0.3, -0.25) is 4.48 Å². The first kappa shape index (κ1) is 15.4. The van der Waals surface area contributed by atoms with Crippen molar-refractivity contribution in [3.05, 3.63) is 71.9 Å². The number of rotatable bonds is 3. The quantitative estimate of drug-likeness (QED) is 0.508. The molecule has 0 aliphatic carbocycles. The second-order valence-corrected chi connectivity index (χ2v) is 6.81. The van der Waals surface area contributed by atoms with E-state index in [1.807, 2.05) is 0 Å². The van der Waals surface area contributed by atoms with Crippen LogP contribution in [0.4, 0.5) is 5.69 Å². The lowest BCUT2D eigenvalue weighted by molar-refractivity contribution is -0.646. The van der Waals surface area contributed by atoms with Gasteiger partial charge in [-0.15, -0.1) is 0 Å². The van der Waals surface area contributed by atoms with Crippen LogP contribution in [0.3, 0.4) is 0 Å². The lowest BCUT2D eigenvalue weighted by atomic mass is 10.1. The Morgan fingerprint density at radius 2 is 1.48 bits per heavy atom. The van der Waals surface area contributed by atoms with E-state index in [-0.39, 0.29) is 0 Å². The molecule has 0 saturated carbocycles. The molecule has 1 heterocycles. The number of hydrogen-bond acceptors (Lipinski definition) is 0. The van der Waals surface area contributed by atoms with Crippen molar-refractivity contribution < 1.29 is 4.57 Å². The van der Waals surface area contributed by atoms with Crippen molar-refractivity contribution in [3.8, 4) is 0 Å². The molecule has 0 aliphatic rings. The Balaban J connectivity index is 1.90. The van der Waals surface area contributed by atoms with Crippen molar-refractivity contribution in [3.63, 3.8) is 0 Å². The molecule has 0 N–H and O–H groups in total. The van der Waals surface area contributed by atoms with E-state index >= 15 is 0 Å². The summed E-state index contributed by atoms with van der Waals surface area (Å²) in [6.07, 6.45) is 4.34. The number of hydrogen-bond donors (Lipinski definition) is 0. The molecule has 0 fully saturated rings. The molecule has 3 rings (SSSR count). The number of fused-ring (bicyclic) bond motifs is 1. The van der Waals surface area contributed by atoms with Crippen molar-refractivity contribution in [1.29, 1.82) is 0 Å². The first-order valence-corrected chi connectivity index (χ1v) is 7.93. The number of para-hydroxylation sites is 1. The first-order valence-electron chi connectivity index (χ1n) is 7.93. The van der Waals surface area contributed by atoms with E-state index in [4.69, 9.17) is 0 Å². The Bertz CT molecular complexity index is 853. The maximum Gasteiger partial charge on any atom is 0.212 e. The van der Waals surface area contributed by atoms with Gasteiger partial charge < -0.3 is 0 Å². The van der Waals surface area contributed by atoms with Crippen LogP contribution in [0.15, 0.2) is 60.7 Å². The zero-order chi connectivity index (χ0) is 16.4. The van der Waals surface area contributed by atoms with E-state index in [2.05, 4.69) is 106 Å². The fourth-order valence-electron chi connectivity index (χ4n) is 2.74. The molecular weight excluding hydrogens is 280 g/mol. The Morgan fingerprint density at radius 1 is 0.783 bits per heavy atom. The van der Waals surface area contributed by atoms with Gasteiger partial charge in [-0.2, -0.15) is 4.57 Å². The summed E-state index contributed by atoms with van der Waals surface area (Å²) in [4.78, 5) is 0. The predicted octanol–water partition coefficient (Wildman–Crippen LogP) is 4.03. The van der Waals surface area contributed by atoms with E-state index in [0.717, 1.165) is 4.48 Å². The first-order chi connectivity index (χ1) is 10.9. The van der Waals surface area contributed by atoms with E-state index in [0.29, 0.717) is 0 Å². The van der Waals surface area contributed by atoms with Gasteiger partial charge in [0.25, 0.3) is 0 Å². The zero-order valence-electron chi connectivity index (χ0n) is 14.3. The lowest BCUT2D eigenvalue weighted by Crippen LogP contribution is -2.34. The van der Waals surface area contributed by atoms with Crippen molar-refractivity contribution in [2.24, 2.45) is 7.05 Å². The largest absolute Gasteiger partial charge is 0.298 e. The van der Waals surface area contributed by atoms with Crippen molar-refractivity contribution in [2.45, 2.75) is 0 Å². The monoisotopic (exact) mass is 304 g/mol. The summed E-state index contributed by atoms with van der Waals surface area (Å²) in [7, 11) is 8.65. The molecule has 0 bridgehead atoms.